The topological polar surface area (TPSA) is 87.2 Å². The number of amides is 1. The molecule has 0 radical (unpaired) electrons. The van der Waals surface area contributed by atoms with Gasteiger partial charge in [0.15, 0.2) is 0 Å². The number of nitrogens with zero attached hydrogens (tertiary/aromatic N) is 2. The van der Waals surface area contributed by atoms with Crippen LogP contribution in [0.5, 0.6) is 0 Å². The predicted octanol–water partition coefficient (Wildman–Crippen LogP) is 3.27. The lowest BCUT2D eigenvalue weighted by atomic mass is 9.81. The van der Waals surface area contributed by atoms with Gasteiger partial charge in [-0.1, -0.05) is 25.5 Å². The molecule has 7 nitrogen and oxygen atoms in total. The van der Waals surface area contributed by atoms with Crippen LogP contribution in [0, 0.1) is 11.8 Å². The van der Waals surface area contributed by atoms with Gasteiger partial charge in [-0.15, -0.1) is 0 Å². The van der Waals surface area contributed by atoms with Gasteiger partial charge in [-0.2, -0.15) is 0 Å². The summed E-state index contributed by atoms with van der Waals surface area (Å²) in [6.45, 7) is 5.70. The van der Waals surface area contributed by atoms with Crippen LogP contribution in [0.2, 0.25) is 0 Å². The average molecular weight is 455 g/mol. The van der Waals surface area contributed by atoms with Gasteiger partial charge < -0.3 is 15.2 Å². The third kappa shape index (κ3) is 5.75. The molecule has 0 spiro atoms. The lowest BCUT2D eigenvalue weighted by Gasteiger charge is -2.35. The molecule has 7 heteroatoms. The number of benzene rings is 1. The van der Waals surface area contributed by atoms with Gasteiger partial charge in [0.1, 0.15) is 0 Å². The van der Waals surface area contributed by atoms with Crippen LogP contribution < -0.4 is 16.6 Å². The minimum atomic E-state index is -0.349. The fourth-order valence-corrected chi connectivity index (χ4v) is 5.68. The van der Waals surface area contributed by atoms with Crippen molar-refractivity contribution < 1.29 is 4.79 Å². The zero-order valence-electron chi connectivity index (χ0n) is 19.9. The first-order valence-corrected chi connectivity index (χ1v) is 12.8. The van der Waals surface area contributed by atoms with E-state index in [-0.39, 0.29) is 29.0 Å². The highest BCUT2D eigenvalue weighted by Crippen LogP contribution is 2.29. The first-order chi connectivity index (χ1) is 16.1. The third-order valence-electron chi connectivity index (χ3n) is 7.69. The van der Waals surface area contributed by atoms with Gasteiger partial charge in [0.05, 0.1) is 10.9 Å². The quantitative estimate of drug-likeness (QED) is 0.600. The second kappa shape index (κ2) is 11.1. The van der Waals surface area contributed by atoms with Gasteiger partial charge in [0.25, 0.3) is 5.56 Å². The zero-order chi connectivity index (χ0) is 23.2. The SMILES string of the molecule is CC[C@@H]1CCCCN1CCCNC(=O)C1CCC(Cn2c(=O)[nH]c3ccccc3c2=O)CC1. The molecule has 1 aromatic heterocycles. The maximum atomic E-state index is 12.8. The van der Waals surface area contributed by atoms with Crippen molar-refractivity contribution in [3.63, 3.8) is 0 Å². The Bertz CT molecular complexity index is 1050. The van der Waals surface area contributed by atoms with Crippen LogP contribution in [0.3, 0.4) is 0 Å². The third-order valence-corrected chi connectivity index (χ3v) is 7.69. The number of hydrogen-bond acceptors (Lipinski definition) is 4. The van der Waals surface area contributed by atoms with Crippen molar-refractivity contribution in [3.05, 3.63) is 45.1 Å². The van der Waals surface area contributed by atoms with E-state index in [4.69, 9.17) is 0 Å². The van der Waals surface area contributed by atoms with Crippen molar-refractivity contribution in [2.45, 2.75) is 77.3 Å². The van der Waals surface area contributed by atoms with Crippen molar-refractivity contribution in [2.24, 2.45) is 11.8 Å². The van der Waals surface area contributed by atoms with E-state index in [2.05, 4.69) is 22.1 Å². The highest BCUT2D eigenvalue weighted by atomic mass is 16.2. The van der Waals surface area contributed by atoms with Crippen molar-refractivity contribution in [3.8, 4) is 0 Å². The van der Waals surface area contributed by atoms with Gasteiger partial charge in [0.2, 0.25) is 5.91 Å². The van der Waals surface area contributed by atoms with Gasteiger partial charge in [-0.3, -0.25) is 14.2 Å². The first kappa shape index (κ1) is 23.7. The number of rotatable bonds is 8. The number of likely N-dealkylation sites (tertiary alicyclic amines) is 1. The van der Waals surface area contributed by atoms with Crippen LogP contribution in [0.1, 0.15) is 64.7 Å². The van der Waals surface area contributed by atoms with E-state index in [1.807, 2.05) is 12.1 Å². The highest BCUT2D eigenvalue weighted by molar-refractivity contribution is 5.78. The molecule has 2 heterocycles. The fraction of sp³-hybridized carbons (Fsp3) is 0.654. The van der Waals surface area contributed by atoms with Crippen LogP contribution in [-0.4, -0.2) is 46.0 Å². The van der Waals surface area contributed by atoms with E-state index < -0.39 is 0 Å². The summed E-state index contributed by atoms with van der Waals surface area (Å²) in [7, 11) is 0. The van der Waals surface area contributed by atoms with E-state index in [9.17, 15) is 14.4 Å². The molecular weight excluding hydrogens is 416 g/mol. The lowest BCUT2D eigenvalue weighted by Crippen LogP contribution is -2.41. The van der Waals surface area contributed by atoms with Crippen LogP contribution in [-0.2, 0) is 11.3 Å². The number of aromatic amines is 1. The van der Waals surface area contributed by atoms with E-state index in [0.717, 1.165) is 45.2 Å². The highest BCUT2D eigenvalue weighted by Gasteiger charge is 2.27. The number of fused-ring (bicyclic) bond motifs is 1. The Morgan fingerprint density at radius 3 is 2.67 bits per heavy atom. The Morgan fingerprint density at radius 2 is 1.88 bits per heavy atom. The zero-order valence-corrected chi connectivity index (χ0v) is 19.9. The summed E-state index contributed by atoms with van der Waals surface area (Å²) in [5, 5.41) is 3.69. The molecule has 33 heavy (non-hydrogen) atoms. The number of para-hydroxylation sites is 1. The summed E-state index contributed by atoms with van der Waals surface area (Å²) < 4.78 is 1.33. The minimum absolute atomic E-state index is 0.0474. The van der Waals surface area contributed by atoms with Gasteiger partial charge in [-0.25, -0.2) is 4.79 Å². The summed E-state index contributed by atoms with van der Waals surface area (Å²) in [6.07, 6.45) is 9.54. The second-order valence-corrected chi connectivity index (χ2v) is 9.85. The molecular formula is C26H38N4O3. The Labute approximate surface area is 195 Å². The standard InChI is InChI=1S/C26H38N4O3/c1-2-21-8-5-6-16-29(21)17-7-15-27-24(31)20-13-11-19(12-14-20)18-30-25(32)22-9-3-4-10-23(22)28-26(30)33/h3-4,9-10,19-21H,2,5-8,11-18H2,1H3,(H,27,31)(H,28,33)/t19?,20?,21-/m1/s1. The molecule has 1 atom stereocenters. The average Bonchev–Trinajstić information content (AvgIpc) is 2.85. The Hall–Kier alpha value is -2.41. The number of hydrogen-bond donors (Lipinski definition) is 2. The molecule has 1 aliphatic carbocycles. The lowest BCUT2D eigenvalue weighted by molar-refractivity contribution is -0.126. The molecule has 1 saturated carbocycles. The van der Waals surface area contributed by atoms with Gasteiger partial charge in [-0.05, 0) is 76.0 Å². The molecule has 180 valence electrons. The van der Waals surface area contributed by atoms with E-state index in [0.29, 0.717) is 23.5 Å². The number of H-pyrrole nitrogens is 1. The molecule has 0 bridgehead atoms. The maximum Gasteiger partial charge on any atom is 0.328 e. The normalized spacial score (nSPS) is 24.1. The van der Waals surface area contributed by atoms with Crippen molar-refractivity contribution in [1.29, 1.82) is 0 Å². The Kier molecular flexibility index (Phi) is 8.02. The maximum absolute atomic E-state index is 12.8. The van der Waals surface area contributed by atoms with Crippen LogP contribution >= 0.6 is 0 Å². The summed E-state index contributed by atoms with van der Waals surface area (Å²) in [5.74, 6) is 0.463. The van der Waals surface area contributed by atoms with E-state index >= 15 is 0 Å². The predicted molar refractivity (Wildman–Crippen MR) is 131 cm³/mol. The van der Waals surface area contributed by atoms with E-state index in [1.165, 1.54) is 36.8 Å². The number of piperidine rings is 1. The van der Waals surface area contributed by atoms with E-state index in [1.54, 1.807) is 12.1 Å². The monoisotopic (exact) mass is 454 g/mol. The molecule has 1 aliphatic heterocycles. The molecule has 2 aromatic rings. The smallest absolute Gasteiger partial charge is 0.328 e. The van der Waals surface area contributed by atoms with Crippen molar-refractivity contribution in [1.82, 2.24) is 19.8 Å². The Morgan fingerprint density at radius 1 is 1.09 bits per heavy atom. The molecule has 4 rings (SSSR count). The number of aromatic nitrogens is 2. The molecule has 2 N–H and O–H groups in total. The summed E-state index contributed by atoms with van der Waals surface area (Å²) in [4.78, 5) is 43.3. The van der Waals surface area contributed by atoms with Crippen LogP contribution in [0.25, 0.3) is 10.9 Å². The molecule has 1 saturated heterocycles. The Balaban J connectivity index is 1.22. The van der Waals surface area contributed by atoms with Crippen LogP contribution in [0.4, 0.5) is 0 Å². The second-order valence-electron chi connectivity index (χ2n) is 9.85. The summed E-state index contributed by atoms with van der Waals surface area (Å²) in [6, 6.07) is 7.83. The number of nitrogens with one attached hydrogen (secondary N) is 2. The fourth-order valence-electron chi connectivity index (χ4n) is 5.68. The summed E-state index contributed by atoms with van der Waals surface area (Å²) >= 11 is 0. The number of carbonyl (C=O) groups is 1. The molecule has 2 aliphatic rings. The first-order valence-electron chi connectivity index (χ1n) is 12.8. The molecule has 0 unspecified atom stereocenters. The summed E-state index contributed by atoms with van der Waals surface area (Å²) in [5.41, 5.74) is 0.000416. The largest absolute Gasteiger partial charge is 0.356 e. The molecule has 2 fully saturated rings. The van der Waals surface area contributed by atoms with Crippen molar-refractivity contribution >= 4 is 16.8 Å². The van der Waals surface area contributed by atoms with Gasteiger partial charge in [0, 0.05) is 31.6 Å². The van der Waals surface area contributed by atoms with Crippen molar-refractivity contribution in [2.75, 3.05) is 19.6 Å². The van der Waals surface area contributed by atoms with Crippen LogP contribution in [0.15, 0.2) is 33.9 Å². The number of carbonyl (C=O) groups excluding carboxylic acids is 1. The molecule has 1 aromatic carbocycles. The molecule has 1 amide bonds. The van der Waals surface area contributed by atoms with Gasteiger partial charge >= 0.3 is 5.69 Å². The minimum Gasteiger partial charge on any atom is -0.356 e.